The molecule has 1 rings (SSSR count). The zero-order valence-corrected chi connectivity index (χ0v) is 7.80. The maximum Gasteiger partial charge on any atom is 0.0356 e. The van der Waals surface area contributed by atoms with E-state index in [1.807, 2.05) is 25.1 Å². The lowest BCUT2D eigenvalue weighted by Crippen LogP contribution is -1.95. The summed E-state index contributed by atoms with van der Waals surface area (Å²) >= 11 is 0. The molecule has 0 fully saturated rings. The third kappa shape index (κ3) is 2.81. The second-order valence-corrected chi connectivity index (χ2v) is 2.91. The average Bonchev–Trinajstić information content (AvgIpc) is 2.12. The fourth-order valence-corrected chi connectivity index (χ4v) is 0.955. The van der Waals surface area contributed by atoms with E-state index in [1.165, 1.54) is 0 Å². The molecule has 0 saturated carbocycles. The highest BCUT2D eigenvalue weighted by Crippen LogP contribution is 2.11. The fourth-order valence-electron chi connectivity index (χ4n) is 0.955. The molecule has 68 valence electrons. The van der Waals surface area contributed by atoms with Gasteiger partial charge in [-0.3, -0.25) is 0 Å². The van der Waals surface area contributed by atoms with Crippen molar-refractivity contribution in [2.24, 2.45) is 5.73 Å². The molecule has 0 aliphatic heterocycles. The molecule has 4 N–H and O–H groups in total. The predicted molar refractivity (Wildman–Crippen MR) is 56.1 cm³/mol. The topological polar surface area (TPSA) is 52.0 Å². The molecule has 2 nitrogen and oxygen atoms in total. The minimum atomic E-state index is 0.605. The number of hydrogen-bond donors (Lipinski definition) is 2. The van der Waals surface area contributed by atoms with Crippen molar-refractivity contribution in [3.63, 3.8) is 0 Å². The van der Waals surface area contributed by atoms with Crippen LogP contribution in [0, 0.1) is 18.8 Å². The van der Waals surface area contributed by atoms with Gasteiger partial charge in [-0.25, -0.2) is 0 Å². The van der Waals surface area contributed by atoms with Crippen LogP contribution in [0.25, 0.3) is 0 Å². The molecule has 0 atom stereocenters. The zero-order chi connectivity index (χ0) is 9.68. The molecule has 13 heavy (non-hydrogen) atoms. The van der Waals surface area contributed by atoms with E-state index in [0.29, 0.717) is 6.54 Å². The first kappa shape index (κ1) is 9.63. The summed E-state index contributed by atoms with van der Waals surface area (Å²) in [6.45, 7) is 2.58. The third-order valence-corrected chi connectivity index (χ3v) is 1.78. The van der Waals surface area contributed by atoms with E-state index >= 15 is 0 Å². The molecule has 0 radical (unpaired) electrons. The number of nitrogen functional groups attached to an aromatic ring is 1. The van der Waals surface area contributed by atoms with Gasteiger partial charge < -0.3 is 11.5 Å². The lowest BCUT2D eigenvalue weighted by molar-refractivity contribution is 1.03. The Morgan fingerprint density at radius 2 is 2.15 bits per heavy atom. The lowest BCUT2D eigenvalue weighted by atomic mass is 10.1. The van der Waals surface area contributed by atoms with Crippen molar-refractivity contribution >= 4 is 5.69 Å². The van der Waals surface area contributed by atoms with Crippen LogP contribution in [0.5, 0.6) is 0 Å². The van der Waals surface area contributed by atoms with Crippen LogP contribution in [0.2, 0.25) is 0 Å². The number of nitrogens with two attached hydrogens (primary N) is 2. The Balaban J connectivity index is 2.81. The Morgan fingerprint density at radius 3 is 2.77 bits per heavy atom. The predicted octanol–water partition coefficient (Wildman–Crippen LogP) is 1.28. The van der Waals surface area contributed by atoms with Gasteiger partial charge in [0.1, 0.15) is 0 Å². The Kier molecular flexibility index (Phi) is 3.36. The fraction of sp³-hybridized carbons (Fsp3) is 0.273. The molecule has 0 amide bonds. The van der Waals surface area contributed by atoms with Gasteiger partial charge in [0.05, 0.1) is 0 Å². The lowest BCUT2D eigenvalue weighted by Gasteiger charge is -1.98. The summed E-state index contributed by atoms with van der Waals surface area (Å²) in [4.78, 5) is 0. The number of anilines is 1. The molecule has 0 unspecified atom stereocenters. The van der Waals surface area contributed by atoms with Gasteiger partial charge >= 0.3 is 0 Å². The standard InChI is InChI=1S/C11H14N2/c1-9-5-6-10(8-11(9)13)4-2-3-7-12/h5-6,8H,3,7,12-13H2,1H3. The van der Waals surface area contributed by atoms with E-state index in [4.69, 9.17) is 11.5 Å². The second kappa shape index (κ2) is 4.54. The summed E-state index contributed by atoms with van der Waals surface area (Å²) in [5.41, 5.74) is 13.9. The summed E-state index contributed by atoms with van der Waals surface area (Å²) in [6, 6.07) is 5.83. The normalized spacial score (nSPS) is 9.08. The smallest absolute Gasteiger partial charge is 0.0356 e. The highest BCUT2D eigenvalue weighted by atomic mass is 14.5. The van der Waals surface area contributed by atoms with Crippen LogP contribution in [0.1, 0.15) is 17.5 Å². The van der Waals surface area contributed by atoms with Crippen LogP contribution in [-0.4, -0.2) is 6.54 Å². The maximum absolute atomic E-state index is 5.73. The van der Waals surface area contributed by atoms with Gasteiger partial charge in [-0.2, -0.15) is 0 Å². The number of rotatable bonds is 1. The second-order valence-electron chi connectivity index (χ2n) is 2.91. The van der Waals surface area contributed by atoms with Crippen molar-refractivity contribution in [2.45, 2.75) is 13.3 Å². The van der Waals surface area contributed by atoms with Crippen LogP contribution in [0.3, 0.4) is 0 Å². The van der Waals surface area contributed by atoms with Gasteiger partial charge in [-0.1, -0.05) is 17.9 Å². The van der Waals surface area contributed by atoms with Crippen molar-refractivity contribution in [3.8, 4) is 11.8 Å². The van der Waals surface area contributed by atoms with Crippen LogP contribution < -0.4 is 11.5 Å². The number of aryl methyl sites for hydroxylation is 1. The maximum atomic E-state index is 5.73. The van der Waals surface area contributed by atoms with E-state index in [2.05, 4.69) is 11.8 Å². The van der Waals surface area contributed by atoms with Gasteiger partial charge in [0.15, 0.2) is 0 Å². The SMILES string of the molecule is Cc1ccc(C#CCCN)cc1N. The molecule has 0 aliphatic carbocycles. The molecular weight excluding hydrogens is 160 g/mol. The average molecular weight is 174 g/mol. The molecule has 0 aromatic heterocycles. The van der Waals surface area contributed by atoms with E-state index in [1.54, 1.807) is 0 Å². The van der Waals surface area contributed by atoms with E-state index in [0.717, 1.165) is 23.2 Å². The molecule has 1 aromatic carbocycles. The van der Waals surface area contributed by atoms with Gasteiger partial charge in [0.2, 0.25) is 0 Å². The Hall–Kier alpha value is -1.46. The minimum Gasteiger partial charge on any atom is -0.398 e. The zero-order valence-electron chi connectivity index (χ0n) is 7.80. The van der Waals surface area contributed by atoms with E-state index < -0.39 is 0 Å². The number of benzene rings is 1. The molecule has 1 aromatic rings. The third-order valence-electron chi connectivity index (χ3n) is 1.78. The largest absolute Gasteiger partial charge is 0.398 e. The molecule has 2 heteroatoms. The van der Waals surface area contributed by atoms with Crippen LogP contribution in [0.4, 0.5) is 5.69 Å². The van der Waals surface area contributed by atoms with Crippen LogP contribution >= 0.6 is 0 Å². The quantitative estimate of drug-likeness (QED) is 0.497. The van der Waals surface area contributed by atoms with Crippen molar-refractivity contribution in [3.05, 3.63) is 29.3 Å². The molecule has 0 aliphatic rings. The van der Waals surface area contributed by atoms with Gasteiger partial charge in [0, 0.05) is 24.2 Å². The first-order chi connectivity index (χ1) is 6.24. The highest BCUT2D eigenvalue weighted by molar-refractivity contribution is 5.52. The summed E-state index contributed by atoms with van der Waals surface area (Å²) < 4.78 is 0. The van der Waals surface area contributed by atoms with Crippen molar-refractivity contribution in [1.29, 1.82) is 0 Å². The summed E-state index contributed by atoms with van der Waals surface area (Å²) in [6.07, 6.45) is 0.730. The van der Waals surface area contributed by atoms with Gasteiger partial charge in [0.25, 0.3) is 0 Å². The first-order valence-electron chi connectivity index (χ1n) is 4.29. The van der Waals surface area contributed by atoms with Gasteiger partial charge in [-0.05, 0) is 24.6 Å². The molecule has 0 spiro atoms. The summed E-state index contributed by atoms with van der Waals surface area (Å²) in [5, 5.41) is 0. The Bertz CT molecular complexity index is 345. The van der Waals surface area contributed by atoms with E-state index in [9.17, 15) is 0 Å². The van der Waals surface area contributed by atoms with Crippen molar-refractivity contribution in [2.75, 3.05) is 12.3 Å². The van der Waals surface area contributed by atoms with Crippen LogP contribution in [-0.2, 0) is 0 Å². The molecule has 0 bridgehead atoms. The van der Waals surface area contributed by atoms with Gasteiger partial charge in [-0.15, -0.1) is 0 Å². The Labute approximate surface area is 78.9 Å². The van der Waals surface area contributed by atoms with E-state index in [-0.39, 0.29) is 0 Å². The first-order valence-corrected chi connectivity index (χ1v) is 4.29. The highest BCUT2D eigenvalue weighted by Gasteiger charge is 1.92. The molecular formula is C11H14N2. The summed E-state index contributed by atoms with van der Waals surface area (Å²) in [7, 11) is 0. The monoisotopic (exact) mass is 174 g/mol. The summed E-state index contributed by atoms with van der Waals surface area (Å²) in [5.74, 6) is 5.97. The van der Waals surface area contributed by atoms with Crippen LogP contribution in [0.15, 0.2) is 18.2 Å². The number of hydrogen-bond acceptors (Lipinski definition) is 2. The van der Waals surface area contributed by atoms with Crippen molar-refractivity contribution in [1.82, 2.24) is 0 Å². The molecule has 0 saturated heterocycles. The Morgan fingerprint density at radius 1 is 1.38 bits per heavy atom. The van der Waals surface area contributed by atoms with Crippen molar-refractivity contribution < 1.29 is 0 Å². The molecule has 0 heterocycles. The minimum absolute atomic E-state index is 0.605.